The Hall–Kier alpha value is -3.33. The molecule has 194 valence electrons. The van der Waals surface area contributed by atoms with Crippen molar-refractivity contribution in [2.45, 2.75) is 6.04 Å². The van der Waals surface area contributed by atoms with E-state index in [0.29, 0.717) is 17.8 Å². The smallest absolute Gasteiger partial charge is 0.229 e. The second-order valence-electron chi connectivity index (χ2n) is 9.63. The van der Waals surface area contributed by atoms with Crippen molar-refractivity contribution in [2.24, 2.45) is 0 Å². The fourth-order valence-corrected chi connectivity index (χ4v) is 6.45. The molecule has 38 heavy (non-hydrogen) atoms. The molecule has 0 aliphatic carbocycles. The molecule has 1 aliphatic heterocycles. The number of aromatic nitrogens is 5. The molecule has 9 nitrogen and oxygen atoms in total. The Labute approximate surface area is 230 Å². The molecule has 2 aromatic carbocycles. The van der Waals surface area contributed by atoms with E-state index in [4.69, 9.17) is 9.72 Å². The van der Waals surface area contributed by atoms with Crippen LogP contribution >= 0.6 is 23.9 Å². The molecule has 11 heteroatoms. The molecule has 3 aromatic heterocycles. The predicted molar refractivity (Wildman–Crippen MR) is 159 cm³/mol. The summed E-state index contributed by atoms with van der Waals surface area (Å²) in [6.07, 6.45) is 7.36. The summed E-state index contributed by atoms with van der Waals surface area (Å²) in [5, 5.41) is 9.16. The molecule has 1 fully saturated rings. The lowest BCUT2D eigenvalue weighted by atomic mass is 10.1. The molecular formula is C27H28BrN8OP. The van der Waals surface area contributed by atoms with Gasteiger partial charge in [-0.15, -0.1) is 0 Å². The van der Waals surface area contributed by atoms with E-state index in [1.807, 2.05) is 12.1 Å². The van der Waals surface area contributed by atoms with Gasteiger partial charge in [-0.3, -0.25) is 9.97 Å². The van der Waals surface area contributed by atoms with Crippen molar-refractivity contribution < 1.29 is 4.74 Å². The Balaban J connectivity index is 1.32. The number of nitrogens with zero attached hydrogens (tertiary/aromatic N) is 6. The van der Waals surface area contributed by atoms with Gasteiger partial charge in [-0.25, -0.2) is 4.98 Å². The number of hydrogen-bond donors (Lipinski definition) is 2. The molecule has 6 rings (SSSR count). The summed E-state index contributed by atoms with van der Waals surface area (Å²) in [6.45, 7) is 6.53. The minimum Gasteiger partial charge on any atom is -0.494 e. The SMILES string of the molecule is COc1cc2c(ccn2C2CN(C)C2)cc1Nc1ncc(Br)c(Nc2ccc3nccnc3c2P(C)C)n1. The van der Waals surface area contributed by atoms with E-state index < -0.39 is 7.92 Å². The van der Waals surface area contributed by atoms with Crippen LogP contribution in [0.3, 0.4) is 0 Å². The van der Waals surface area contributed by atoms with Crippen LogP contribution in [0.5, 0.6) is 5.75 Å². The summed E-state index contributed by atoms with van der Waals surface area (Å²) in [6, 6.07) is 10.8. The first kappa shape index (κ1) is 25.0. The van der Waals surface area contributed by atoms with Gasteiger partial charge in [0.25, 0.3) is 0 Å². The third-order valence-electron chi connectivity index (χ3n) is 6.78. The Morgan fingerprint density at radius 3 is 2.61 bits per heavy atom. The average Bonchev–Trinajstić information content (AvgIpc) is 3.30. The van der Waals surface area contributed by atoms with Gasteiger partial charge in [-0.2, -0.15) is 4.98 Å². The first-order valence-electron chi connectivity index (χ1n) is 12.3. The quantitative estimate of drug-likeness (QED) is 0.240. The Morgan fingerprint density at radius 2 is 1.84 bits per heavy atom. The van der Waals surface area contributed by atoms with Crippen LogP contribution < -0.4 is 20.7 Å². The van der Waals surface area contributed by atoms with Gasteiger partial charge >= 0.3 is 0 Å². The van der Waals surface area contributed by atoms with E-state index in [9.17, 15) is 0 Å². The summed E-state index contributed by atoms with van der Waals surface area (Å²) in [5.41, 5.74) is 4.72. The van der Waals surface area contributed by atoms with Crippen LogP contribution in [0.4, 0.5) is 23.1 Å². The molecule has 0 unspecified atom stereocenters. The lowest BCUT2D eigenvalue weighted by Crippen LogP contribution is -2.44. The third-order valence-corrected chi connectivity index (χ3v) is 8.71. The van der Waals surface area contributed by atoms with Gasteiger partial charge in [0.05, 0.1) is 39.9 Å². The van der Waals surface area contributed by atoms with Crippen LogP contribution in [0.2, 0.25) is 0 Å². The van der Waals surface area contributed by atoms with Crippen LogP contribution in [-0.2, 0) is 0 Å². The molecule has 0 radical (unpaired) electrons. The van der Waals surface area contributed by atoms with Gasteiger partial charge in [-0.1, -0.05) is 7.92 Å². The number of methoxy groups -OCH3 is 1. The summed E-state index contributed by atoms with van der Waals surface area (Å²) in [5.74, 6) is 1.86. The molecule has 0 atom stereocenters. The minimum atomic E-state index is -0.456. The zero-order valence-corrected chi connectivity index (χ0v) is 24.1. The van der Waals surface area contributed by atoms with Gasteiger partial charge in [0.2, 0.25) is 5.95 Å². The van der Waals surface area contributed by atoms with E-state index in [1.165, 1.54) is 0 Å². The highest BCUT2D eigenvalue weighted by Gasteiger charge is 2.26. The highest BCUT2D eigenvalue weighted by molar-refractivity contribution is 9.10. The molecule has 5 aromatic rings. The zero-order valence-electron chi connectivity index (χ0n) is 21.6. The number of ether oxygens (including phenoxy) is 1. The van der Waals surface area contributed by atoms with Crippen LogP contribution in [0.25, 0.3) is 21.9 Å². The van der Waals surface area contributed by atoms with Crippen LogP contribution in [-0.4, -0.2) is 70.0 Å². The Bertz CT molecular complexity index is 1650. The van der Waals surface area contributed by atoms with E-state index in [-0.39, 0.29) is 0 Å². The van der Waals surface area contributed by atoms with Gasteiger partial charge < -0.3 is 24.8 Å². The average molecular weight is 591 g/mol. The number of likely N-dealkylation sites (tertiary alicyclic amines) is 1. The standard InChI is InChI=1S/C27H28BrN8OP/c1-35-14-17(15-35)36-10-7-16-11-21(23(37-2)12-22(16)36)33-27-31-13-18(28)26(34-27)32-20-6-5-19-24(25(20)38(3)4)30-9-8-29-19/h5-13,17H,14-15H2,1-4H3,(H2,31,32,33,34). The minimum absolute atomic E-state index is 0.456. The lowest BCUT2D eigenvalue weighted by molar-refractivity contribution is 0.144. The van der Waals surface area contributed by atoms with Crippen LogP contribution in [0.1, 0.15) is 6.04 Å². The van der Waals surface area contributed by atoms with Crippen molar-refractivity contribution in [1.82, 2.24) is 29.4 Å². The number of likely N-dealkylation sites (N-methyl/N-ethyl adjacent to an activating group) is 1. The number of halogens is 1. The number of benzene rings is 2. The van der Waals surface area contributed by atoms with Gasteiger partial charge in [0, 0.05) is 60.3 Å². The molecule has 0 spiro atoms. The number of rotatable bonds is 7. The van der Waals surface area contributed by atoms with Crippen molar-refractivity contribution in [1.29, 1.82) is 0 Å². The maximum absolute atomic E-state index is 5.76. The highest BCUT2D eigenvalue weighted by atomic mass is 79.9. The van der Waals surface area contributed by atoms with Crippen LogP contribution in [0.15, 0.2) is 59.6 Å². The van der Waals surface area contributed by atoms with Crippen LogP contribution in [0, 0.1) is 0 Å². The largest absolute Gasteiger partial charge is 0.494 e. The maximum atomic E-state index is 5.76. The van der Waals surface area contributed by atoms with Crippen molar-refractivity contribution in [3.8, 4) is 5.75 Å². The molecule has 0 saturated carbocycles. The summed E-state index contributed by atoms with van der Waals surface area (Å²) < 4.78 is 8.85. The van der Waals surface area contributed by atoms with Crippen molar-refractivity contribution in [3.05, 3.63) is 59.6 Å². The molecule has 1 saturated heterocycles. The highest BCUT2D eigenvalue weighted by Crippen LogP contribution is 2.37. The zero-order chi connectivity index (χ0) is 26.4. The summed E-state index contributed by atoms with van der Waals surface area (Å²) in [4.78, 5) is 20.7. The number of fused-ring (bicyclic) bond motifs is 2. The molecule has 0 amide bonds. The van der Waals surface area contributed by atoms with E-state index >= 15 is 0 Å². The number of nitrogens with one attached hydrogen (secondary N) is 2. The molecule has 4 heterocycles. The van der Waals surface area contributed by atoms with Crippen molar-refractivity contribution in [3.63, 3.8) is 0 Å². The van der Waals surface area contributed by atoms with E-state index in [2.05, 4.69) is 95.8 Å². The number of hydrogen-bond acceptors (Lipinski definition) is 8. The van der Waals surface area contributed by atoms with Gasteiger partial charge in [0.15, 0.2) is 0 Å². The lowest BCUT2D eigenvalue weighted by Gasteiger charge is -2.37. The second-order valence-corrected chi connectivity index (χ2v) is 12.7. The van der Waals surface area contributed by atoms with E-state index in [0.717, 1.165) is 61.9 Å². The van der Waals surface area contributed by atoms with Gasteiger partial charge in [-0.05, 0) is 60.6 Å². The van der Waals surface area contributed by atoms with E-state index in [1.54, 1.807) is 25.7 Å². The van der Waals surface area contributed by atoms with Crippen molar-refractivity contribution in [2.75, 3.05) is 51.2 Å². The summed E-state index contributed by atoms with van der Waals surface area (Å²) in [7, 11) is 3.37. The first-order chi connectivity index (χ1) is 18.4. The fourth-order valence-electron chi connectivity index (χ4n) is 4.95. The maximum Gasteiger partial charge on any atom is 0.229 e. The Kier molecular flexibility index (Phi) is 6.63. The van der Waals surface area contributed by atoms with Gasteiger partial charge in [0.1, 0.15) is 11.6 Å². The second kappa shape index (κ2) is 10.1. The monoisotopic (exact) mass is 590 g/mol. The molecule has 0 bridgehead atoms. The van der Waals surface area contributed by atoms with Crippen molar-refractivity contribution >= 4 is 74.2 Å². The number of anilines is 4. The fraction of sp³-hybridized carbons (Fsp3) is 0.259. The topological polar surface area (TPSA) is 93.0 Å². The molecular weight excluding hydrogens is 563 g/mol. The molecule has 1 aliphatic rings. The first-order valence-corrected chi connectivity index (χ1v) is 15.3. The molecule has 2 N–H and O–H groups in total. The predicted octanol–water partition coefficient (Wildman–Crippen LogP) is 5.49. The third kappa shape index (κ3) is 4.57. The summed E-state index contributed by atoms with van der Waals surface area (Å²) >= 11 is 3.61. The Morgan fingerprint density at radius 1 is 1.03 bits per heavy atom. The normalized spacial score (nSPS) is 14.3.